The molecule has 1 saturated heterocycles. The fourth-order valence-corrected chi connectivity index (χ4v) is 3.05. The molecule has 0 N–H and O–H groups in total. The van der Waals surface area contributed by atoms with Crippen molar-refractivity contribution in [2.75, 3.05) is 13.1 Å². The van der Waals surface area contributed by atoms with Crippen LogP contribution in [-0.4, -0.2) is 39.7 Å². The summed E-state index contributed by atoms with van der Waals surface area (Å²) >= 11 is 0. The van der Waals surface area contributed by atoms with Gasteiger partial charge in [0, 0.05) is 30.4 Å². The number of hydrogen-bond acceptors (Lipinski definition) is 4. The van der Waals surface area contributed by atoms with Gasteiger partial charge in [0.2, 0.25) is 0 Å². The maximum atomic E-state index is 12.1. The largest absolute Gasteiger partial charge is 0.444 e. The van der Waals surface area contributed by atoms with E-state index < -0.39 is 5.60 Å². The molecule has 0 aromatic carbocycles. The smallest absolute Gasteiger partial charge is 0.410 e. The van der Waals surface area contributed by atoms with Crippen molar-refractivity contribution < 1.29 is 9.53 Å². The van der Waals surface area contributed by atoms with E-state index in [4.69, 9.17) is 4.74 Å². The summed E-state index contributed by atoms with van der Waals surface area (Å²) in [5.41, 5.74) is 1.45. The Morgan fingerprint density at radius 1 is 1.25 bits per heavy atom. The monoisotopic (exact) mass is 327 g/mol. The third kappa shape index (κ3) is 4.22. The average Bonchev–Trinajstić information content (AvgIpc) is 2.54. The van der Waals surface area contributed by atoms with E-state index >= 15 is 0 Å². The van der Waals surface area contributed by atoms with Crippen molar-refractivity contribution in [1.29, 1.82) is 0 Å². The van der Waals surface area contributed by atoms with Gasteiger partial charge in [0.15, 0.2) is 5.65 Å². The molecule has 0 saturated carbocycles. The Morgan fingerprint density at radius 2 is 2.00 bits per heavy atom. The number of aromatic nitrogens is 2. The van der Waals surface area contributed by atoms with Crippen LogP contribution in [0.4, 0.5) is 4.79 Å². The highest BCUT2D eigenvalue weighted by Gasteiger charge is 2.27. The molecule has 1 aliphatic heterocycles. The minimum Gasteiger partial charge on any atom is -0.444 e. The number of fused-ring (bicyclic) bond motifs is 1. The number of pyridine rings is 2. The second-order valence-electron chi connectivity index (χ2n) is 7.47. The quantitative estimate of drug-likeness (QED) is 0.841. The van der Waals surface area contributed by atoms with Crippen molar-refractivity contribution >= 4 is 17.1 Å². The van der Waals surface area contributed by atoms with Crippen LogP contribution in [-0.2, 0) is 11.2 Å². The lowest BCUT2D eigenvalue weighted by Gasteiger charge is -2.33. The van der Waals surface area contributed by atoms with Crippen molar-refractivity contribution in [2.45, 2.75) is 45.6 Å². The lowest BCUT2D eigenvalue weighted by atomic mass is 9.92. The minimum atomic E-state index is -0.435. The third-order valence-electron chi connectivity index (χ3n) is 4.29. The van der Waals surface area contributed by atoms with Gasteiger partial charge in [-0.15, -0.1) is 0 Å². The Labute approximate surface area is 143 Å². The van der Waals surface area contributed by atoms with Gasteiger partial charge in [-0.05, 0) is 70.2 Å². The molecule has 5 nitrogen and oxygen atoms in total. The van der Waals surface area contributed by atoms with Crippen molar-refractivity contribution in [1.82, 2.24) is 14.9 Å². The van der Waals surface area contributed by atoms with Crippen LogP contribution < -0.4 is 0 Å². The number of carbonyl (C=O) groups excluding carboxylic acids is 1. The summed E-state index contributed by atoms with van der Waals surface area (Å²) in [6, 6.07) is 8.12. The Kier molecular flexibility index (Phi) is 4.69. The van der Waals surface area contributed by atoms with E-state index in [9.17, 15) is 4.79 Å². The molecule has 0 spiro atoms. The molecule has 5 heteroatoms. The molecule has 1 amide bonds. The minimum absolute atomic E-state index is 0.200. The molecule has 2 aromatic rings. The molecule has 2 aromatic heterocycles. The van der Waals surface area contributed by atoms with Gasteiger partial charge in [0.05, 0.1) is 0 Å². The van der Waals surface area contributed by atoms with Crippen LogP contribution in [0.15, 0.2) is 30.5 Å². The van der Waals surface area contributed by atoms with Gasteiger partial charge in [-0.1, -0.05) is 0 Å². The van der Waals surface area contributed by atoms with Crippen LogP contribution in [0.2, 0.25) is 0 Å². The Bertz CT molecular complexity index is 716. The average molecular weight is 327 g/mol. The number of piperidine rings is 1. The van der Waals surface area contributed by atoms with Crippen LogP contribution in [0.1, 0.15) is 39.3 Å². The highest BCUT2D eigenvalue weighted by atomic mass is 16.6. The van der Waals surface area contributed by atoms with E-state index in [2.05, 4.69) is 22.1 Å². The predicted molar refractivity (Wildman–Crippen MR) is 93.8 cm³/mol. The fraction of sp³-hybridized carbons (Fsp3) is 0.526. The van der Waals surface area contributed by atoms with Gasteiger partial charge in [-0.2, -0.15) is 0 Å². The van der Waals surface area contributed by atoms with E-state index in [1.54, 1.807) is 6.20 Å². The summed E-state index contributed by atoms with van der Waals surface area (Å²) in [4.78, 5) is 22.9. The van der Waals surface area contributed by atoms with Crippen molar-refractivity contribution in [3.63, 3.8) is 0 Å². The van der Waals surface area contributed by atoms with Gasteiger partial charge < -0.3 is 9.64 Å². The number of ether oxygens (including phenoxy) is 1. The first-order chi connectivity index (χ1) is 11.4. The molecule has 3 rings (SSSR count). The first-order valence-electron chi connectivity index (χ1n) is 8.59. The Balaban J connectivity index is 1.55. The van der Waals surface area contributed by atoms with Gasteiger partial charge >= 0.3 is 6.09 Å². The summed E-state index contributed by atoms with van der Waals surface area (Å²) in [7, 11) is 0. The zero-order chi connectivity index (χ0) is 17.2. The predicted octanol–water partition coefficient (Wildman–Crippen LogP) is 3.82. The number of carbonyl (C=O) groups is 1. The van der Waals surface area contributed by atoms with Crippen LogP contribution in [0.5, 0.6) is 0 Å². The molecule has 24 heavy (non-hydrogen) atoms. The van der Waals surface area contributed by atoms with E-state index in [-0.39, 0.29) is 6.09 Å². The number of rotatable bonds is 2. The summed E-state index contributed by atoms with van der Waals surface area (Å²) < 4.78 is 5.45. The molecule has 0 atom stereocenters. The second-order valence-corrected chi connectivity index (χ2v) is 7.47. The maximum Gasteiger partial charge on any atom is 0.410 e. The van der Waals surface area contributed by atoms with Crippen LogP contribution >= 0.6 is 0 Å². The molecule has 0 unspecified atom stereocenters. The topological polar surface area (TPSA) is 55.3 Å². The van der Waals surface area contributed by atoms with Crippen molar-refractivity contribution in [3.8, 4) is 0 Å². The molecule has 1 fully saturated rings. The van der Waals surface area contributed by atoms with Crippen LogP contribution in [0, 0.1) is 5.92 Å². The zero-order valence-electron chi connectivity index (χ0n) is 14.7. The lowest BCUT2D eigenvalue weighted by molar-refractivity contribution is 0.0184. The summed E-state index contributed by atoms with van der Waals surface area (Å²) in [6.45, 7) is 7.21. The lowest BCUT2D eigenvalue weighted by Crippen LogP contribution is -2.42. The van der Waals surface area contributed by atoms with E-state index in [0.717, 1.165) is 49.1 Å². The summed E-state index contributed by atoms with van der Waals surface area (Å²) in [5.74, 6) is 0.553. The van der Waals surface area contributed by atoms with E-state index in [0.29, 0.717) is 5.92 Å². The fourth-order valence-electron chi connectivity index (χ4n) is 3.05. The van der Waals surface area contributed by atoms with Crippen molar-refractivity contribution in [3.05, 3.63) is 36.2 Å². The molecule has 1 aliphatic rings. The van der Waals surface area contributed by atoms with E-state index in [1.807, 2.05) is 37.8 Å². The van der Waals surface area contributed by atoms with Gasteiger partial charge in [0.25, 0.3) is 0 Å². The Morgan fingerprint density at radius 3 is 2.71 bits per heavy atom. The first kappa shape index (κ1) is 16.7. The van der Waals surface area contributed by atoms with Crippen LogP contribution in [0.25, 0.3) is 11.0 Å². The number of amides is 1. The number of hydrogen-bond donors (Lipinski definition) is 0. The Hall–Kier alpha value is -2.17. The molecule has 0 radical (unpaired) electrons. The molecule has 0 bridgehead atoms. The zero-order valence-corrected chi connectivity index (χ0v) is 14.7. The molecule has 0 aliphatic carbocycles. The first-order valence-corrected chi connectivity index (χ1v) is 8.59. The highest BCUT2D eigenvalue weighted by Crippen LogP contribution is 2.23. The normalized spacial score (nSPS) is 16.4. The summed E-state index contributed by atoms with van der Waals surface area (Å²) in [5, 5.41) is 1.07. The van der Waals surface area contributed by atoms with Gasteiger partial charge in [-0.3, -0.25) is 0 Å². The molecular weight excluding hydrogens is 302 g/mol. The van der Waals surface area contributed by atoms with Gasteiger partial charge in [-0.25, -0.2) is 14.8 Å². The number of nitrogens with zero attached hydrogens (tertiary/aromatic N) is 3. The molecular formula is C19H25N3O2. The second kappa shape index (κ2) is 6.75. The molecule has 128 valence electrons. The maximum absolute atomic E-state index is 12.1. The number of likely N-dealkylation sites (tertiary alicyclic amines) is 1. The highest BCUT2D eigenvalue weighted by molar-refractivity contribution is 5.74. The third-order valence-corrected chi connectivity index (χ3v) is 4.29. The van der Waals surface area contributed by atoms with Gasteiger partial charge in [0.1, 0.15) is 5.60 Å². The molecule has 3 heterocycles. The van der Waals surface area contributed by atoms with Crippen molar-refractivity contribution in [2.24, 2.45) is 5.92 Å². The SMILES string of the molecule is CC(C)(C)OC(=O)N1CCC(Cc2ccc3cccnc3n2)CC1. The summed E-state index contributed by atoms with van der Waals surface area (Å²) in [6.07, 6.45) is 4.49. The van der Waals surface area contributed by atoms with E-state index in [1.165, 1.54) is 0 Å². The standard InChI is InChI=1S/C19H25N3O2/c1-19(2,3)24-18(23)22-11-8-14(9-12-22)13-16-7-6-15-5-4-10-20-17(15)21-16/h4-7,10,14H,8-9,11-13H2,1-3H3. The van der Waals surface area contributed by atoms with Crippen LogP contribution in [0.3, 0.4) is 0 Å².